The van der Waals surface area contributed by atoms with Crippen molar-refractivity contribution < 1.29 is 41.0 Å². The van der Waals surface area contributed by atoms with E-state index in [0.29, 0.717) is 25.7 Å². The van der Waals surface area contributed by atoms with Crippen molar-refractivity contribution in [3.05, 3.63) is 12.2 Å². The maximum atomic E-state index is 13.1. The molecule has 0 aromatic heterocycles. The van der Waals surface area contributed by atoms with Gasteiger partial charge >= 0.3 is 18.3 Å². The number of esters is 1. The zero-order valence-corrected chi connectivity index (χ0v) is 13.1. The van der Waals surface area contributed by atoms with Gasteiger partial charge in [0.25, 0.3) is 5.60 Å². The molecule has 24 heavy (non-hydrogen) atoms. The summed E-state index contributed by atoms with van der Waals surface area (Å²) in [6, 6.07) is 0. The minimum Gasteiger partial charge on any atom is -0.455 e. The molecule has 0 bridgehead atoms. The van der Waals surface area contributed by atoms with Crippen molar-refractivity contribution in [3.63, 3.8) is 0 Å². The summed E-state index contributed by atoms with van der Waals surface area (Å²) < 4.78 is 82.8. The zero-order valence-electron chi connectivity index (χ0n) is 13.1. The van der Waals surface area contributed by atoms with Gasteiger partial charge in [0, 0.05) is 5.57 Å². The van der Waals surface area contributed by atoms with Crippen LogP contribution in [0.3, 0.4) is 0 Å². The van der Waals surface area contributed by atoms with Gasteiger partial charge in [-0.2, -0.15) is 26.3 Å². The van der Waals surface area contributed by atoms with E-state index in [4.69, 9.17) is 0 Å². The van der Waals surface area contributed by atoms with Crippen molar-refractivity contribution in [2.24, 2.45) is 5.92 Å². The minimum absolute atomic E-state index is 0.352. The van der Waals surface area contributed by atoms with Crippen LogP contribution in [0.1, 0.15) is 45.4 Å². The van der Waals surface area contributed by atoms with Crippen molar-refractivity contribution in [1.29, 1.82) is 0 Å². The van der Waals surface area contributed by atoms with Crippen molar-refractivity contribution in [3.8, 4) is 0 Å². The van der Waals surface area contributed by atoms with Crippen LogP contribution in [-0.2, 0) is 9.53 Å². The summed E-state index contributed by atoms with van der Waals surface area (Å²) in [7, 11) is 0. The van der Waals surface area contributed by atoms with Crippen LogP contribution >= 0.6 is 0 Å². The maximum Gasteiger partial charge on any atom is 0.430 e. The Morgan fingerprint density at radius 3 is 1.96 bits per heavy atom. The molecule has 1 fully saturated rings. The Kier molecular flexibility index (Phi) is 6.35. The summed E-state index contributed by atoms with van der Waals surface area (Å²) in [6.07, 6.45) is -12.5. The molecule has 1 N–H and O–H groups in total. The van der Waals surface area contributed by atoms with Gasteiger partial charge < -0.3 is 9.84 Å². The SMILES string of the molecule is C=C(C)C(=O)OC(CC1CCCCC1)C(O)(C(F)(F)F)C(F)(F)F. The first-order valence-electron chi connectivity index (χ1n) is 7.53. The molecule has 3 nitrogen and oxygen atoms in total. The van der Waals surface area contributed by atoms with E-state index in [1.54, 1.807) is 0 Å². The van der Waals surface area contributed by atoms with Crippen LogP contribution in [0.2, 0.25) is 0 Å². The molecule has 1 unspecified atom stereocenters. The van der Waals surface area contributed by atoms with Crippen LogP contribution < -0.4 is 0 Å². The molecule has 0 saturated heterocycles. The van der Waals surface area contributed by atoms with Gasteiger partial charge in [0.05, 0.1) is 0 Å². The van der Waals surface area contributed by atoms with Crippen LogP contribution in [0.15, 0.2) is 12.2 Å². The minimum atomic E-state index is -6.04. The van der Waals surface area contributed by atoms with Gasteiger partial charge in [0.1, 0.15) is 6.10 Å². The lowest BCUT2D eigenvalue weighted by Gasteiger charge is -2.39. The molecule has 0 heterocycles. The normalized spacial score (nSPS) is 19.0. The molecular weight excluding hydrogens is 342 g/mol. The Morgan fingerprint density at radius 2 is 1.58 bits per heavy atom. The molecule has 0 radical (unpaired) electrons. The number of rotatable bonds is 5. The lowest BCUT2D eigenvalue weighted by Crippen LogP contribution is -2.65. The highest BCUT2D eigenvalue weighted by Gasteiger charge is 2.75. The third-order valence-corrected chi connectivity index (χ3v) is 4.20. The largest absolute Gasteiger partial charge is 0.455 e. The van der Waals surface area contributed by atoms with E-state index in [1.807, 2.05) is 0 Å². The molecule has 1 rings (SSSR count). The highest BCUT2D eigenvalue weighted by Crippen LogP contribution is 2.48. The molecule has 140 valence electrons. The summed E-state index contributed by atoms with van der Waals surface area (Å²) in [5.74, 6) is -1.89. The monoisotopic (exact) mass is 362 g/mol. The molecule has 1 aliphatic carbocycles. The van der Waals surface area contributed by atoms with Crippen LogP contribution in [0.5, 0.6) is 0 Å². The second-order valence-electron chi connectivity index (χ2n) is 6.18. The first-order chi connectivity index (χ1) is 10.8. The van der Waals surface area contributed by atoms with E-state index >= 15 is 0 Å². The fourth-order valence-corrected chi connectivity index (χ4v) is 2.79. The van der Waals surface area contributed by atoms with E-state index < -0.39 is 42.4 Å². The van der Waals surface area contributed by atoms with Gasteiger partial charge in [0.2, 0.25) is 0 Å². The second kappa shape index (κ2) is 7.33. The second-order valence-corrected chi connectivity index (χ2v) is 6.18. The molecule has 1 atom stereocenters. The van der Waals surface area contributed by atoms with E-state index in [2.05, 4.69) is 11.3 Å². The average Bonchev–Trinajstić information content (AvgIpc) is 2.44. The Morgan fingerprint density at radius 1 is 1.12 bits per heavy atom. The van der Waals surface area contributed by atoms with Gasteiger partial charge in [-0.25, -0.2) is 4.79 Å². The summed E-state index contributed by atoms with van der Waals surface area (Å²) in [5.41, 5.74) is -5.47. The number of halogens is 6. The maximum absolute atomic E-state index is 13.1. The number of hydrogen-bond donors (Lipinski definition) is 1. The van der Waals surface area contributed by atoms with Crippen molar-refractivity contribution in [1.82, 2.24) is 0 Å². The Hall–Kier alpha value is -1.25. The number of alkyl halides is 6. The third-order valence-electron chi connectivity index (χ3n) is 4.20. The molecule has 1 aliphatic rings. The van der Waals surface area contributed by atoms with Crippen LogP contribution in [0.4, 0.5) is 26.3 Å². The number of ether oxygens (including phenoxy) is 1. The molecule has 1 saturated carbocycles. The van der Waals surface area contributed by atoms with E-state index in [1.165, 1.54) is 0 Å². The molecule has 0 amide bonds. The standard InChI is InChI=1S/C15H20F6O3/c1-9(2)12(22)24-11(8-10-6-4-3-5-7-10)13(23,14(16,17)18)15(19,20)21/h10-11,23H,1,3-8H2,2H3. The average molecular weight is 362 g/mol. The molecule has 0 aromatic carbocycles. The summed E-state index contributed by atoms with van der Waals surface area (Å²) >= 11 is 0. The highest BCUT2D eigenvalue weighted by atomic mass is 19.4. The van der Waals surface area contributed by atoms with E-state index in [9.17, 15) is 36.2 Å². The fourth-order valence-electron chi connectivity index (χ4n) is 2.79. The molecule has 0 spiro atoms. The van der Waals surface area contributed by atoms with Crippen LogP contribution in [0.25, 0.3) is 0 Å². The van der Waals surface area contributed by atoms with Gasteiger partial charge in [-0.1, -0.05) is 38.7 Å². The Labute approximate surface area is 135 Å². The molecule has 0 aromatic rings. The van der Waals surface area contributed by atoms with Gasteiger partial charge in [-0.15, -0.1) is 0 Å². The lowest BCUT2D eigenvalue weighted by atomic mass is 9.80. The van der Waals surface area contributed by atoms with Gasteiger partial charge in [-0.3, -0.25) is 0 Å². The Bertz CT molecular complexity index is 449. The highest BCUT2D eigenvalue weighted by molar-refractivity contribution is 5.87. The summed E-state index contributed by atoms with van der Waals surface area (Å²) in [6.45, 7) is 4.24. The first-order valence-corrected chi connectivity index (χ1v) is 7.53. The molecule has 9 heteroatoms. The smallest absolute Gasteiger partial charge is 0.430 e. The van der Waals surface area contributed by atoms with E-state index in [0.717, 1.165) is 13.3 Å². The first kappa shape index (κ1) is 20.8. The predicted octanol–water partition coefficient (Wildman–Crippen LogP) is 4.30. The van der Waals surface area contributed by atoms with Crippen LogP contribution in [0, 0.1) is 5.92 Å². The van der Waals surface area contributed by atoms with Crippen molar-refractivity contribution in [2.75, 3.05) is 0 Å². The lowest BCUT2D eigenvalue weighted by molar-refractivity contribution is -0.392. The van der Waals surface area contributed by atoms with E-state index in [-0.39, 0.29) is 5.57 Å². The topological polar surface area (TPSA) is 46.5 Å². The summed E-state index contributed by atoms with van der Waals surface area (Å²) in [5, 5.41) is 9.55. The summed E-state index contributed by atoms with van der Waals surface area (Å²) in [4.78, 5) is 11.5. The fraction of sp³-hybridized carbons (Fsp3) is 0.800. The number of aliphatic hydroxyl groups is 1. The zero-order chi connectivity index (χ0) is 18.8. The van der Waals surface area contributed by atoms with Gasteiger partial charge in [0.15, 0.2) is 0 Å². The number of carbonyl (C=O) groups excluding carboxylic acids is 1. The Balaban J connectivity index is 3.20. The van der Waals surface area contributed by atoms with Crippen LogP contribution in [-0.4, -0.2) is 35.1 Å². The molecule has 0 aliphatic heterocycles. The number of hydrogen-bond acceptors (Lipinski definition) is 3. The molecular formula is C15H20F6O3. The van der Waals surface area contributed by atoms with Gasteiger partial charge in [-0.05, 0) is 19.3 Å². The quantitative estimate of drug-likeness (QED) is 0.451. The van der Waals surface area contributed by atoms with Crippen molar-refractivity contribution >= 4 is 5.97 Å². The third kappa shape index (κ3) is 4.43. The van der Waals surface area contributed by atoms with Crippen molar-refractivity contribution in [2.45, 2.75) is 69.5 Å². The predicted molar refractivity (Wildman–Crippen MR) is 72.9 cm³/mol. The number of carbonyl (C=O) groups is 1.